The van der Waals surface area contributed by atoms with Crippen LogP contribution in [0.2, 0.25) is 5.02 Å². The third-order valence-corrected chi connectivity index (χ3v) is 5.52. The number of carbonyl (C=O) groups is 1. The molecule has 0 spiro atoms. The van der Waals surface area contributed by atoms with Crippen LogP contribution >= 0.6 is 11.6 Å². The number of aromatic nitrogens is 1. The molecule has 0 unspecified atom stereocenters. The summed E-state index contributed by atoms with van der Waals surface area (Å²) >= 11 is 5.94. The van der Waals surface area contributed by atoms with Gasteiger partial charge in [0.2, 0.25) is 0 Å². The van der Waals surface area contributed by atoms with Crippen LogP contribution in [0, 0.1) is 0 Å². The Morgan fingerprint density at radius 2 is 1.86 bits per heavy atom. The standard InChI is InChI=1S/C17H18ClF2N3O5S/c18-13-6-9-5-10(8-21-14(9)7-15(13)28-17(19)20)16(24)22-11-1-3-12(4-2-11)23-29(25,26)27/h5-8,11-12,17,23H,1-4H2,(H,22,24)(H,25,26,27). The fraction of sp³-hybridized carbons (Fsp3) is 0.412. The van der Waals surface area contributed by atoms with Crippen LogP contribution < -0.4 is 14.8 Å². The second kappa shape index (κ2) is 8.74. The maximum absolute atomic E-state index is 12.5. The smallest absolute Gasteiger partial charge is 0.387 e. The first-order valence-electron chi connectivity index (χ1n) is 8.70. The number of carbonyl (C=O) groups excluding carboxylic acids is 1. The molecule has 8 nitrogen and oxygen atoms in total. The van der Waals surface area contributed by atoms with E-state index in [1.807, 2.05) is 0 Å². The van der Waals surface area contributed by atoms with Crippen molar-refractivity contribution in [3.05, 3.63) is 35.0 Å². The highest BCUT2D eigenvalue weighted by atomic mass is 35.5. The van der Waals surface area contributed by atoms with E-state index in [-0.39, 0.29) is 34.3 Å². The molecule has 1 aromatic carbocycles. The molecule has 0 saturated heterocycles. The highest BCUT2D eigenvalue weighted by Crippen LogP contribution is 2.31. The van der Waals surface area contributed by atoms with Crippen molar-refractivity contribution in [1.29, 1.82) is 0 Å². The van der Waals surface area contributed by atoms with Gasteiger partial charge in [-0.15, -0.1) is 0 Å². The molecule has 158 valence electrons. The zero-order valence-electron chi connectivity index (χ0n) is 14.9. The Kier molecular flexibility index (Phi) is 6.52. The number of nitrogens with zero attached hydrogens (tertiary/aromatic N) is 1. The largest absolute Gasteiger partial charge is 0.433 e. The minimum absolute atomic E-state index is 0.0261. The van der Waals surface area contributed by atoms with E-state index in [4.69, 9.17) is 16.2 Å². The van der Waals surface area contributed by atoms with Crippen LogP contribution in [-0.2, 0) is 10.3 Å². The van der Waals surface area contributed by atoms with Gasteiger partial charge in [-0.05, 0) is 37.8 Å². The van der Waals surface area contributed by atoms with Crippen LogP contribution in [0.1, 0.15) is 36.0 Å². The first-order chi connectivity index (χ1) is 13.6. The molecule has 1 aliphatic rings. The van der Waals surface area contributed by atoms with Crippen LogP contribution in [0.4, 0.5) is 8.78 Å². The number of halogens is 3. The molecule has 3 rings (SSSR count). The maximum Gasteiger partial charge on any atom is 0.387 e. The maximum atomic E-state index is 12.5. The van der Waals surface area contributed by atoms with E-state index < -0.39 is 16.9 Å². The van der Waals surface area contributed by atoms with Crippen molar-refractivity contribution in [3.8, 4) is 5.75 Å². The predicted octanol–water partition coefficient (Wildman–Crippen LogP) is 2.92. The molecule has 12 heteroatoms. The molecule has 0 atom stereocenters. The van der Waals surface area contributed by atoms with Crippen molar-refractivity contribution in [2.75, 3.05) is 0 Å². The van der Waals surface area contributed by atoms with Gasteiger partial charge in [0.05, 0.1) is 16.1 Å². The number of hydrogen-bond acceptors (Lipinski definition) is 5. The number of hydrogen-bond donors (Lipinski definition) is 3. The fourth-order valence-corrected chi connectivity index (χ4v) is 4.15. The lowest BCUT2D eigenvalue weighted by Crippen LogP contribution is -2.43. The SMILES string of the molecule is O=C(NC1CCC(NS(=O)(=O)O)CC1)c1cnc2cc(OC(F)F)c(Cl)cc2c1. The Morgan fingerprint density at radius 1 is 1.21 bits per heavy atom. The van der Waals surface area contributed by atoms with Crippen LogP contribution in [0.3, 0.4) is 0 Å². The normalized spacial score (nSPS) is 20.0. The van der Waals surface area contributed by atoms with Crippen molar-refractivity contribution in [1.82, 2.24) is 15.0 Å². The fourth-order valence-electron chi connectivity index (χ4n) is 3.27. The first-order valence-corrected chi connectivity index (χ1v) is 10.5. The highest BCUT2D eigenvalue weighted by Gasteiger charge is 2.25. The molecule has 0 radical (unpaired) electrons. The summed E-state index contributed by atoms with van der Waals surface area (Å²) < 4.78 is 61.8. The van der Waals surface area contributed by atoms with Crippen molar-refractivity contribution < 1.29 is 31.3 Å². The summed E-state index contributed by atoms with van der Waals surface area (Å²) in [6.07, 6.45) is 3.36. The van der Waals surface area contributed by atoms with E-state index in [9.17, 15) is 22.0 Å². The number of pyridine rings is 1. The van der Waals surface area contributed by atoms with Crippen LogP contribution in [0.5, 0.6) is 5.75 Å². The molecule has 0 aliphatic heterocycles. The monoisotopic (exact) mass is 449 g/mol. The Hall–Kier alpha value is -2.08. The van der Waals surface area contributed by atoms with Gasteiger partial charge in [0, 0.05) is 29.7 Å². The average Bonchev–Trinajstić information content (AvgIpc) is 2.62. The number of rotatable bonds is 6. The van der Waals surface area contributed by atoms with Crippen LogP contribution in [-0.4, -0.2) is 42.6 Å². The third-order valence-electron chi connectivity index (χ3n) is 4.59. The molecule has 1 aromatic heterocycles. The summed E-state index contributed by atoms with van der Waals surface area (Å²) in [5.41, 5.74) is 0.618. The molecule has 1 amide bonds. The molecule has 3 N–H and O–H groups in total. The minimum Gasteiger partial charge on any atom is -0.433 e. The van der Waals surface area contributed by atoms with Gasteiger partial charge < -0.3 is 10.1 Å². The number of benzene rings is 1. The van der Waals surface area contributed by atoms with E-state index in [0.717, 1.165) is 0 Å². The zero-order chi connectivity index (χ0) is 21.2. The van der Waals surface area contributed by atoms with Crippen LogP contribution in [0.25, 0.3) is 10.9 Å². The van der Waals surface area contributed by atoms with Gasteiger partial charge in [-0.25, -0.2) is 0 Å². The average molecular weight is 450 g/mol. The van der Waals surface area contributed by atoms with E-state index in [0.29, 0.717) is 36.6 Å². The predicted molar refractivity (Wildman–Crippen MR) is 102 cm³/mol. The molecule has 2 aromatic rings. The van der Waals surface area contributed by atoms with Gasteiger partial charge in [0.25, 0.3) is 5.91 Å². The van der Waals surface area contributed by atoms with Crippen molar-refractivity contribution >= 4 is 38.7 Å². The van der Waals surface area contributed by atoms with Crippen molar-refractivity contribution in [3.63, 3.8) is 0 Å². The number of ether oxygens (including phenoxy) is 1. The third kappa shape index (κ3) is 5.95. The van der Waals surface area contributed by atoms with E-state index in [2.05, 4.69) is 19.8 Å². The van der Waals surface area contributed by atoms with Crippen molar-refractivity contribution in [2.24, 2.45) is 0 Å². The number of fused-ring (bicyclic) bond motifs is 1. The summed E-state index contributed by atoms with van der Waals surface area (Å²) in [4.78, 5) is 16.6. The van der Waals surface area contributed by atoms with Gasteiger partial charge in [-0.2, -0.15) is 21.9 Å². The second-order valence-electron chi connectivity index (χ2n) is 6.69. The first kappa shape index (κ1) is 21.6. The Labute approximate surface area is 170 Å². The summed E-state index contributed by atoms with van der Waals surface area (Å²) in [5.74, 6) is -0.566. The Balaban J connectivity index is 1.65. The number of alkyl halides is 2. The van der Waals surface area contributed by atoms with Crippen molar-refractivity contribution in [2.45, 2.75) is 44.4 Å². The lowest BCUT2D eigenvalue weighted by Gasteiger charge is -2.28. The molecule has 1 saturated carbocycles. The molecular formula is C17H18ClF2N3O5S. The Bertz CT molecular complexity index is 1010. The number of amides is 1. The lowest BCUT2D eigenvalue weighted by atomic mass is 9.91. The van der Waals surface area contributed by atoms with E-state index in [1.165, 1.54) is 18.3 Å². The van der Waals surface area contributed by atoms with E-state index in [1.54, 1.807) is 6.07 Å². The summed E-state index contributed by atoms with van der Waals surface area (Å²) in [7, 11) is -4.25. The van der Waals surface area contributed by atoms with E-state index >= 15 is 0 Å². The highest BCUT2D eigenvalue weighted by molar-refractivity contribution is 7.83. The van der Waals surface area contributed by atoms with Gasteiger partial charge in [0.15, 0.2) is 0 Å². The zero-order valence-corrected chi connectivity index (χ0v) is 16.5. The summed E-state index contributed by atoms with van der Waals surface area (Å²) in [5, 5.41) is 3.32. The summed E-state index contributed by atoms with van der Waals surface area (Å²) in [6.45, 7) is -3.02. The quantitative estimate of drug-likeness (QED) is 0.584. The van der Waals surface area contributed by atoms with Gasteiger partial charge in [0.1, 0.15) is 5.75 Å². The molecular weight excluding hydrogens is 432 g/mol. The summed E-state index contributed by atoms with van der Waals surface area (Å²) in [6, 6.07) is 3.69. The molecule has 1 aliphatic carbocycles. The topological polar surface area (TPSA) is 118 Å². The van der Waals surface area contributed by atoms with Gasteiger partial charge in [-0.1, -0.05) is 11.6 Å². The van der Waals surface area contributed by atoms with Gasteiger partial charge in [-0.3, -0.25) is 14.3 Å². The minimum atomic E-state index is -4.25. The number of nitrogens with one attached hydrogen (secondary N) is 2. The second-order valence-corrected chi connectivity index (χ2v) is 8.29. The Morgan fingerprint density at radius 3 is 2.48 bits per heavy atom. The molecule has 0 bridgehead atoms. The molecule has 1 heterocycles. The molecule has 29 heavy (non-hydrogen) atoms. The molecule has 1 fully saturated rings. The van der Waals surface area contributed by atoms with Crippen LogP contribution in [0.15, 0.2) is 24.4 Å². The lowest BCUT2D eigenvalue weighted by molar-refractivity contribution is -0.0497. The van der Waals surface area contributed by atoms with Gasteiger partial charge >= 0.3 is 16.9 Å².